The third-order valence-corrected chi connectivity index (χ3v) is 5.94. The summed E-state index contributed by atoms with van der Waals surface area (Å²) in [5.74, 6) is -0.794. The third-order valence-electron chi connectivity index (χ3n) is 4.27. The van der Waals surface area contributed by atoms with Crippen LogP contribution < -0.4 is 10.6 Å². The van der Waals surface area contributed by atoms with Crippen LogP contribution in [0.4, 0.5) is 10.8 Å². The Balaban J connectivity index is 1.78. The molecule has 0 aliphatic heterocycles. The molecule has 1 aromatic carbocycles. The number of carbonyl (C=O) groups is 2. The normalized spacial score (nSPS) is 10.5. The number of nitrogens with zero attached hydrogens (tertiary/aromatic N) is 2. The van der Waals surface area contributed by atoms with Gasteiger partial charge in [0.1, 0.15) is 14.9 Å². The van der Waals surface area contributed by atoms with Gasteiger partial charge < -0.3 is 20.1 Å². The molecule has 0 amide bonds. The average molecular weight is 479 g/mol. The second kappa shape index (κ2) is 9.90. The molecule has 0 aliphatic carbocycles. The highest BCUT2D eigenvalue weighted by atomic mass is 35.5. The molecule has 0 aliphatic rings. The van der Waals surface area contributed by atoms with Crippen LogP contribution in [0.3, 0.4) is 0 Å². The second-order valence-electron chi connectivity index (χ2n) is 6.33. The molecule has 3 rings (SSSR count). The molecule has 2 N–H and O–H groups in total. The Bertz CT molecular complexity index is 1130. The lowest BCUT2D eigenvalue weighted by molar-refractivity contribution is 0.0601. The maximum atomic E-state index is 12.2. The molecule has 0 unspecified atom stereocenters. The highest BCUT2D eigenvalue weighted by molar-refractivity contribution is 7.80. The fourth-order valence-corrected chi connectivity index (χ4v) is 4.39. The molecule has 0 fully saturated rings. The number of hydrogen-bond acceptors (Lipinski definition) is 7. The SMILES string of the molecule is COC(=O)c1sc(NC(=S)Nc2nn(Cc3ccccc3)cc2Cl)c(C(=O)OC)c1C. The first-order valence-corrected chi connectivity index (χ1v) is 10.6. The number of hydrogen-bond donors (Lipinski definition) is 2. The van der Waals surface area contributed by atoms with E-state index in [4.69, 9.17) is 33.3 Å². The van der Waals surface area contributed by atoms with E-state index in [1.165, 1.54) is 14.2 Å². The second-order valence-corrected chi connectivity index (χ2v) is 8.17. The molecule has 2 heterocycles. The van der Waals surface area contributed by atoms with E-state index in [-0.39, 0.29) is 15.6 Å². The first-order chi connectivity index (χ1) is 14.8. The maximum absolute atomic E-state index is 12.2. The molecule has 31 heavy (non-hydrogen) atoms. The van der Waals surface area contributed by atoms with Gasteiger partial charge in [-0.15, -0.1) is 11.3 Å². The smallest absolute Gasteiger partial charge is 0.348 e. The predicted octanol–water partition coefficient (Wildman–Crippen LogP) is 4.34. The van der Waals surface area contributed by atoms with Crippen LogP contribution in [0, 0.1) is 6.92 Å². The lowest BCUT2D eigenvalue weighted by Crippen LogP contribution is -2.20. The molecule has 0 spiro atoms. The van der Waals surface area contributed by atoms with E-state index >= 15 is 0 Å². The lowest BCUT2D eigenvalue weighted by Gasteiger charge is -2.09. The van der Waals surface area contributed by atoms with E-state index in [0.29, 0.717) is 27.9 Å². The summed E-state index contributed by atoms with van der Waals surface area (Å²) in [7, 11) is 2.53. The van der Waals surface area contributed by atoms with Gasteiger partial charge in [-0.1, -0.05) is 41.9 Å². The number of aromatic nitrogens is 2. The molecule has 0 bridgehead atoms. The number of esters is 2. The van der Waals surface area contributed by atoms with Gasteiger partial charge >= 0.3 is 11.9 Å². The molecule has 3 aromatic rings. The van der Waals surface area contributed by atoms with Gasteiger partial charge in [0.05, 0.1) is 26.3 Å². The molecule has 162 valence electrons. The van der Waals surface area contributed by atoms with Crippen LogP contribution in [0.1, 0.15) is 31.2 Å². The molecule has 0 atom stereocenters. The van der Waals surface area contributed by atoms with Crippen LogP contribution in [-0.2, 0) is 16.0 Å². The molecule has 0 radical (unpaired) electrons. The lowest BCUT2D eigenvalue weighted by atomic mass is 10.1. The van der Waals surface area contributed by atoms with Crippen molar-refractivity contribution < 1.29 is 19.1 Å². The van der Waals surface area contributed by atoms with Crippen molar-refractivity contribution in [1.82, 2.24) is 9.78 Å². The summed E-state index contributed by atoms with van der Waals surface area (Å²) in [5, 5.41) is 11.1. The first kappa shape index (κ1) is 22.7. The summed E-state index contributed by atoms with van der Waals surface area (Å²) in [6, 6.07) is 9.81. The summed E-state index contributed by atoms with van der Waals surface area (Å²) >= 11 is 12.7. The van der Waals surface area contributed by atoms with Gasteiger partial charge in [0.2, 0.25) is 0 Å². The number of ether oxygens (including phenoxy) is 2. The van der Waals surface area contributed by atoms with Crippen molar-refractivity contribution in [1.29, 1.82) is 0 Å². The Hall–Kier alpha value is -2.95. The van der Waals surface area contributed by atoms with Gasteiger partial charge in [0.15, 0.2) is 10.9 Å². The largest absolute Gasteiger partial charge is 0.465 e. The standard InChI is InChI=1S/C20H19ClN4O4S2/c1-11-14(18(26)28-2)17(31-15(11)19(27)29-3)23-20(30)22-16-13(21)10-25(24-16)9-12-7-5-4-6-8-12/h4-8,10H,9H2,1-3H3,(H2,22,23,24,30). The zero-order valence-electron chi connectivity index (χ0n) is 16.9. The highest BCUT2D eigenvalue weighted by Gasteiger charge is 2.26. The van der Waals surface area contributed by atoms with Crippen LogP contribution in [0.25, 0.3) is 0 Å². The Labute approximate surface area is 193 Å². The summed E-state index contributed by atoms with van der Waals surface area (Å²) in [6.07, 6.45) is 1.68. The first-order valence-electron chi connectivity index (χ1n) is 8.99. The zero-order chi connectivity index (χ0) is 22.5. The van der Waals surface area contributed by atoms with E-state index < -0.39 is 11.9 Å². The minimum Gasteiger partial charge on any atom is -0.465 e. The van der Waals surface area contributed by atoms with Gasteiger partial charge in [0.25, 0.3) is 0 Å². The topological polar surface area (TPSA) is 94.5 Å². The van der Waals surface area contributed by atoms with Crippen LogP contribution in [0.5, 0.6) is 0 Å². The summed E-state index contributed by atoms with van der Waals surface area (Å²) in [6.45, 7) is 2.18. The van der Waals surface area contributed by atoms with Crippen LogP contribution in [0.2, 0.25) is 5.02 Å². The monoisotopic (exact) mass is 478 g/mol. The number of carbonyl (C=O) groups excluding carboxylic acids is 2. The number of anilines is 2. The van der Waals surface area contributed by atoms with E-state index in [1.807, 2.05) is 30.3 Å². The van der Waals surface area contributed by atoms with E-state index in [0.717, 1.165) is 16.9 Å². The van der Waals surface area contributed by atoms with Crippen molar-refractivity contribution in [2.75, 3.05) is 24.9 Å². The quantitative estimate of drug-likeness (QED) is 0.399. The van der Waals surface area contributed by atoms with E-state index in [2.05, 4.69) is 15.7 Å². The summed E-state index contributed by atoms with van der Waals surface area (Å²) in [5.41, 5.74) is 1.72. The predicted molar refractivity (Wildman–Crippen MR) is 124 cm³/mol. The molecule has 8 nitrogen and oxygen atoms in total. The summed E-state index contributed by atoms with van der Waals surface area (Å²) in [4.78, 5) is 24.5. The minimum atomic E-state index is -0.598. The number of halogens is 1. The molecular weight excluding hydrogens is 460 g/mol. The van der Waals surface area contributed by atoms with Crippen molar-refractivity contribution in [2.24, 2.45) is 0 Å². The number of rotatable bonds is 6. The highest BCUT2D eigenvalue weighted by Crippen LogP contribution is 2.34. The Kier molecular flexibility index (Phi) is 7.26. The molecular formula is C20H19ClN4O4S2. The maximum Gasteiger partial charge on any atom is 0.348 e. The number of benzene rings is 1. The van der Waals surface area contributed by atoms with E-state index in [9.17, 15) is 9.59 Å². The van der Waals surface area contributed by atoms with Crippen molar-refractivity contribution >= 4 is 63.0 Å². The Morgan fingerprint density at radius 1 is 1.16 bits per heavy atom. The van der Waals surface area contributed by atoms with Gasteiger partial charge in [0, 0.05) is 6.20 Å². The summed E-state index contributed by atoms with van der Waals surface area (Å²) < 4.78 is 11.3. The molecule has 0 saturated heterocycles. The Morgan fingerprint density at radius 2 is 1.84 bits per heavy atom. The van der Waals surface area contributed by atoms with E-state index in [1.54, 1.807) is 17.8 Å². The zero-order valence-corrected chi connectivity index (χ0v) is 19.3. The van der Waals surface area contributed by atoms with Crippen molar-refractivity contribution in [3.8, 4) is 0 Å². The molecule has 0 saturated carbocycles. The van der Waals surface area contributed by atoms with Crippen LogP contribution >= 0.6 is 35.2 Å². The number of methoxy groups -OCH3 is 2. The minimum absolute atomic E-state index is 0.148. The fraction of sp³-hybridized carbons (Fsp3) is 0.200. The van der Waals surface area contributed by atoms with Crippen molar-refractivity contribution in [3.05, 3.63) is 63.1 Å². The fourth-order valence-electron chi connectivity index (χ4n) is 2.81. The van der Waals surface area contributed by atoms with Gasteiger partial charge in [-0.3, -0.25) is 4.68 Å². The average Bonchev–Trinajstić information content (AvgIpc) is 3.26. The van der Waals surface area contributed by atoms with Gasteiger partial charge in [-0.05, 0) is 30.3 Å². The van der Waals surface area contributed by atoms with Crippen molar-refractivity contribution in [2.45, 2.75) is 13.5 Å². The third kappa shape index (κ3) is 5.22. The van der Waals surface area contributed by atoms with Gasteiger partial charge in [-0.2, -0.15) is 5.10 Å². The van der Waals surface area contributed by atoms with Gasteiger partial charge in [-0.25, -0.2) is 9.59 Å². The molecule has 2 aromatic heterocycles. The molecule has 11 heteroatoms. The Morgan fingerprint density at radius 3 is 2.48 bits per heavy atom. The number of thiophene rings is 1. The van der Waals surface area contributed by atoms with Crippen molar-refractivity contribution in [3.63, 3.8) is 0 Å². The van der Waals surface area contributed by atoms with Crippen LogP contribution in [-0.4, -0.2) is 41.1 Å². The van der Waals surface area contributed by atoms with Crippen LogP contribution in [0.15, 0.2) is 36.5 Å². The number of nitrogens with one attached hydrogen (secondary N) is 2. The number of thiocarbonyl (C=S) groups is 1.